The number of hydrogen-bond donors (Lipinski definition) is 1. The van der Waals surface area contributed by atoms with Crippen LogP contribution in [0.25, 0.3) is 0 Å². The minimum absolute atomic E-state index is 0.237. The van der Waals surface area contributed by atoms with E-state index in [1.807, 2.05) is 13.8 Å². The van der Waals surface area contributed by atoms with Gasteiger partial charge >= 0.3 is 5.97 Å². The fourth-order valence-corrected chi connectivity index (χ4v) is 3.36. The van der Waals surface area contributed by atoms with Crippen LogP contribution in [0.3, 0.4) is 0 Å². The first-order valence-corrected chi connectivity index (χ1v) is 6.13. The highest BCUT2D eigenvalue weighted by molar-refractivity contribution is 5.88. The maximum absolute atomic E-state index is 11.3. The van der Waals surface area contributed by atoms with Gasteiger partial charge in [0.25, 0.3) is 0 Å². The summed E-state index contributed by atoms with van der Waals surface area (Å²) in [4.78, 5) is 11.3. The first kappa shape index (κ1) is 13.3. The summed E-state index contributed by atoms with van der Waals surface area (Å²) in [5, 5.41) is 9.29. The quantitative estimate of drug-likeness (QED) is 0.723. The summed E-state index contributed by atoms with van der Waals surface area (Å²) < 4.78 is 0. The molecule has 0 amide bonds. The molecular weight excluding hydrogens is 200 g/mol. The second-order valence-corrected chi connectivity index (χ2v) is 6.33. The number of hydrogen-bond acceptors (Lipinski definition) is 1. The average molecular weight is 224 g/mol. The van der Waals surface area contributed by atoms with Gasteiger partial charge in [0.15, 0.2) is 0 Å². The molecule has 0 aromatic carbocycles. The molecule has 2 atom stereocenters. The molecular formula is C14H24O2. The fourth-order valence-electron chi connectivity index (χ4n) is 3.36. The highest BCUT2D eigenvalue weighted by Crippen LogP contribution is 2.44. The summed E-state index contributed by atoms with van der Waals surface area (Å²) in [5.74, 6) is 0.138. The van der Waals surface area contributed by atoms with Gasteiger partial charge in [-0.2, -0.15) is 0 Å². The summed E-state index contributed by atoms with van der Waals surface area (Å²) in [6, 6.07) is 0. The van der Waals surface area contributed by atoms with E-state index in [-0.39, 0.29) is 11.3 Å². The lowest BCUT2D eigenvalue weighted by molar-refractivity contribution is -0.133. The van der Waals surface area contributed by atoms with E-state index in [2.05, 4.69) is 20.8 Å². The Morgan fingerprint density at radius 1 is 1.25 bits per heavy atom. The van der Waals surface area contributed by atoms with Crippen LogP contribution in [0.5, 0.6) is 0 Å². The van der Waals surface area contributed by atoms with Gasteiger partial charge in [0.05, 0.1) is 0 Å². The molecule has 2 nitrogen and oxygen atoms in total. The minimum atomic E-state index is -0.727. The van der Waals surface area contributed by atoms with Crippen molar-refractivity contribution in [3.8, 4) is 0 Å². The molecule has 0 saturated heterocycles. The Labute approximate surface area is 98.7 Å². The van der Waals surface area contributed by atoms with Gasteiger partial charge in [-0.3, -0.25) is 0 Å². The van der Waals surface area contributed by atoms with Crippen molar-refractivity contribution >= 4 is 5.97 Å². The molecule has 0 aliphatic heterocycles. The van der Waals surface area contributed by atoms with E-state index in [4.69, 9.17) is 0 Å². The van der Waals surface area contributed by atoms with Gasteiger partial charge in [-0.25, -0.2) is 4.79 Å². The Kier molecular flexibility index (Phi) is 3.82. The standard InChI is InChI=1S/C14H24O2/c1-9(2)12(13(15)16)11-6-10(3)7-14(4,5)8-11/h10-11H,6-8H2,1-5H3,(H,15,16)/t10-,11+/m1/s1. The van der Waals surface area contributed by atoms with Gasteiger partial charge in [0.2, 0.25) is 0 Å². The zero-order valence-corrected chi connectivity index (χ0v) is 11.1. The highest BCUT2D eigenvalue weighted by Gasteiger charge is 2.35. The highest BCUT2D eigenvalue weighted by atomic mass is 16.4. The molecule has 16 heavy (non-hydrogen) atoms. The normalized spacial score (nSPS) is 28.6. The Hall–Kier alpha value is -0.790. The smallest absolute Gasteiger partial charge is 0.331 e. The first-order chi connectivity index (χ1) is 7.23. The Morgan fingerprint density at radius 2 is 1.81 bits per heavy atom. The maximum atomic E-state index is 11.3. The number of carbonyl (C=O) groups is 1. The maximum Gasteiger partial charge on any atom is 0.331 e. The van der Waals surface area contributed by atoms with Gasteiger partial charge in [0.1, 0.15) is 0 Å². The number of carboxylic acid groups (broad SMARTS) is 1. The molecule has 1 saturated carbocycles. The van der Waals surface area contributed by atoms with Crippen molar-refractivity contribution in [3.63, 3.8) is 0 Å². The molecule has 0 unspecified atom stereocenters. The molecule has 1 N–H and O–H groups in total. The second kappa shape index (κ2) is 4.60. The van der Waals surface area contributed by atoms with Crippen molar-refractivity contribution in [3.05, 3.63) is 11.1 Å². The van der Waals surface area contributed by atoms with E-state index in [0.717, 1.165) is 18.4 Å². The molecule has 1 aliphatic carbocycles. The summed E-state index contributed by atoms with van der Waals surface area (Å²) >= 11 is 0. The monoisotopic (exact) mass is 224 g/mol. The van der Waals surface area contributed by atoms with E-state index >= 15 is 0 Å². The summed E-state index contributed by atoms with van der Waals surface area (Å²) in [7, 11) is 0. The Morgan fingerprint density at radius 3 is 2.19 bits per heavy atom. The average Bonchev–Trinajstić information content (AvgIpc) is 1.96. The molecule has 92 valence electrons. The van der Waals surface area contributed by atoms with Gasteiger partial charge in [-0.1, -0.05) is 26.3 Å². The van der Waals surface area contributed by atoms with Gasteiger partial charge in [0, 0.05) is 5.57 Å². The lowest BCUT2D eigenvalue weighted by Crippen LogP contribution is -2.30. The minimum Gasteiger partial charge on any atom is -0.478 e. The third kappa shape index (κ3) is 3.10. The lowest BCUT2D eigenvalue weighted by Gasteiger charge is -2.39. The number of carboxylic acids is 1. The molecule has 2 heteroatoms. The van der Waals surface area contributed by atoms with E-state index < -0.39 is 5.97 Å². The molecule has 0 aromatic rings. The summed E-state index contributed by atoms with van der Waals surface area (Å²) in [6.45, 7) is 10.6. The van der Waals surface area contributed by atoms with Gasteiger partial charge < -0.3 is 5.11 Å². The molecule has 1 fully saturated rings. The van der Waals surface area contributed by atoms with E-state index in [1.54, 1.807) is 0 Å². The van der Waals surface area contributed by atoms with Gasteiger partial charge in [-0.15, -0.1) is 0 Å². The van der Waals surface area contributed by atoms with Crippen LogP contribution in [0.15, 0.2) is 11.1 Å². The van der Waals surface area contributed by atoms with Crippen molar-refractivity contribution in [1.29, 1.82) is 0 Å². The number of aliphatic carboxylic acids is 1. The van der Waals surface area contributed by atoms with Crippen molar-refractivity contribution in [2.24, 2.45) is 17.3 Å². The van der Waals surface area contributed by atoms with Crippen molar-refractivity contribution in [1.82, 2.24) is 0 Å². The zero-order chi connectivity index (χ0) is 12.5. The number of allylic oxidation sites excluding steroid dienone is 1. The molecule has 0 bridgehead atoms. The largest absolute Gasteiger partial charge is 0.478 e. The van der Waals surface area contributed by atoms with Crippen LogP contribution < -0.4 is 0 Å². The van der Waals surface area contributed by atoms with E-state index in [1.165, 1.54) is 6.42 Å². The fraction of sp³-hybridized carbons (Fsp3) is 0.786. The van der Waals surface area contributed by atoms with Crippen molar-refractivity contribution < 1.29 is 9.90 Å². The van der Waals surface area contributed by atoms with Crippen molar-refractivity contribution in [2.75, 3.05) is 0 Å². The van der Waals surface area contributed by atoms with Crippen LogP contribution in [-0.4, -0.2) is 11.1 Å². The first-order valence-electron chi connectivity index (χ1n) is 6.13. The van der Waals surface area contributed by atoms with Crippen LogP contribution in [-0.2, 0) is 4.79 Å². The number of rotatable bonds is 2. The molecule has 0 aromatic heterocycles. The molecule has 1 rings (SSSR count). The summed E-state index contributed by atoms with van der Waals surface area (Å²) in [6.07, 6.45) is 3.24. The molecule has 0 heterocycles. The van der Waals surface area contributed by atoms with Crippen LogP contribution in [0.2, 0.25) is 0 Å². The van der Waals surface area contributed by atoms with Crippen LogP contribution >= 0.6 is 0 Å². The van der Waals surface area contributed by atoms with Crippen molar-refractivity contribution in [2.45, 2.75) is 53.9 Å². The van der Waals surface area contributed by atoms with Crippen LogP contribution in [0.4, 0.5) is 0 Å². The zero-order valence-electron chi connectivity index (χ0n) is 11.1. The lowest BCUT2D eigenvalue weighted by atomic mass is 9.65. The molecule has 1 aliphatic rings. The van der Waals surface area contributed by atoms with Crippen LogP contribution in [0.1, 0.15) is 53.9 Å². The molecule has 0 spiro atoms. The SMILES string of the molecule is CC(C)=C(C(=O)O)[C@H]1C[C@@H](C)CC(C)(C)C1. The predicted octanol–water partition coefficient (Wildman–Crippen LogP) is 3.87. The Balaban J connectivity index is 2.95. The summed E-state index contributed by atoms with van der Waals surface area (Å²) in [5.41, 5.74) is 1.89. The van der Waals surface area contributed by atoms with E-state index in [0.29, 0.717) is 11.5 Å². The third-order valence-corrected chi connectivity index (χ3v) is 3.56. The van der Waals surface area contributed by atoms with Crippen LogP contribution in [0, 0.1) is 17.3 Å². The Bertz CT molecular complexity index is 309. The van der Waals surface area contributed by atoms with E-state index in [9.17, 15) is 9.90 Å². The second-order valence-electron chi connectivity index (χ2n) is 6.33. The third-order valence-electron chi connectivity index (χ3n) is 3.56. The topological polar surface area (TPSA) is 37.3 Å². The molecule has 0 radical (unpaired) electrons. The predicted molar refractivity (Wildman–Crippen MR) is 66.3 cm³/mol. The van der Waals surface area contributed by atoms with Gasteiger partial charge in [-0.05, 0) is 50.4 Å².